The molecule has 3 nitrogen and oxygen atoms in total. The summed E-state index contributed by atoms with van der Waals surface area (Å²) in [7, 11) is 0. The van der Waals surface area contributed by atoms with E-state index >= 15 is 0 Å². The fourth-order valence-corrected chi connectivity index (χ4v) is 2.44. The van der Waals surface area contributed by atoms with E-state index in [-0.39, 0.29) is 11.3 Å². The second-order valence-electron chi connectivity index (χ2n) is 4.73. The van der Waals surface area contributed by atoms with Crippen LogP contribution in [-0.4, -0.2) is 23.8 Å². The summed E-state index contributed by atoms with van der Waals surface area (Å²) in [4.78, 5) is 11.9. The first-order chi connectivity index (χ1) is 10.1. The molecule has 1 heterocycles. The standard InChI is InChI=1S/C14H11Cl2F3O3/c1-6-3-9(16)4-8-5-10(13(20)21-7(2)15)12(14(17,18)19)22-11(6)8/h3-5,7,12H,1-2H3. The van der Waals surface area contributed by atoms with Crippen LogP contribution in [0.5, 0.6) is 5.75 Å². The number of carbonyl (C=O) groups is 1. The monoisotopic (exact) mass is 354 g/mol. The van der Waals surface area contributed by atoms with Gasteiger partial charge in [0.25, 0.3) is 0 Å². The predicted molar refractivity (Wildman–Crippen MR) is 76.0 cm³/mol. The van der Waals surface area contributed by atoms with Crippen LogP contribution in [0.25, 0.3) is 6.08 Å². The highest BCUT2D eigenvalue weighted by molar-refractivity contribution is 6.31. The fourth-order valence-electron chi connectivity index (χ4n) is 2.07. The zero-order valence-corrected chi connectivity index (χ0v) is 13.0. The molecule has 2 atom stereocenters. The van der Waals surface area contributed by atoms with Gasteiger partial charge in [-0.15, -0.1) is 0 Å². The maximum Gasteiger partial charge on any atom is 0.430 e. The highest BCUT2D eigenvalue weighted by atomic mass is 35.5. The van der Waals surface area contributed by atoms with Gasteiger partial charge >= 0.3 is 12.1 Å². The van der Waals surface area contributed by atoms with E-state index in [1.54, 1.807) is 6.92 Å². The van der Waals surface area contributed by atoms with Crippen LogP contribution >= 0.6 is 23.2 Å². The van der Waals surface area contributed by atoms with E-state index in [1.165, 1.54) is 19.1 Å². The first-order valence-corrected chi connectivity index (χ1v) is 7.01. The largest absolute Gasteiger partial charge is 0.475 e. The minimum atomic E-state index is -4.77. The molecule has 0 saturated carbocycles. The van der Waals surface area contributed by atoms with E-state index < -0.39 is 29.4 Å². The SMILES string of the molecule is Cc1cc(Cl)cc2c1OC(C(F)(F)F)C(C(=O)OC(C)Cl)=C2. The van der Waals surface area contributed by atoms with Crippen molar-refractivity contribution in [2.24, 2.45) is 0 Å². The summed E-state index contributed by atoms with van der Waals surface area (Å²) in [5, 5.41) is 0.319. The van der Waals surface area contributed by atoms with Crippen molar-refractivity contribution in [1.29, 1.82) is 0 Å². The van der Waals surface area contributed by atoms with Crippen molar-refractivity contribution in [3.63, 3.8) is 0 Å². The van der Waals surface area contributed by atoms with Gasteiger partial charge in [0.2, 0.25) is 6.10 Å². The van der Waals surface area contributed by atoms with Crippen LogP contribution in [0.1, 0.15) is 18.1 Å². The summed E-state index contributed by atoms with van der Waals surface area (Å²) in [6.07, 6.45) is -6.12. The van der Waals surface area contributed by atoms with Crippen LogP contribution in [0.2, 0.25) is 5.02 Å². The van der Waals surface area contributed by atoms with E-state index in [0.29, 0.717) is 10.6 Å². The number of fused-ring (bicyclic) bond motifs is 1. The minimum Gasteiger partial charge on any atom is -0.475 e. The van der Waals surface area contributed by atoms with Gasteiger partial charge in [0, 0.05) is 10.6 Å². The lowest BCUT2D eigenvalue weighted by molar-refractivity contribution is -0.188. The van der Waals surface area contributed by atoms with E-state index in [4.69, 9.17) is 27.9 Å². The highest BCUT2D eigenvalue weighted by Gasteiger charge is 2.49. The first kappa shape index (κ1) is 17.0. The summed E-state index contributed by atoms with van der Waals surface area (Å²) >= 11 is 11.4. The Labute approximate surface area is 134 Å². The average Bonchev–Trinajstić information content (AvgIpc) is 2.35. The number of alkyl halides is 4. The molecule has 0 radical (unpaired) electrons. The number of aryl methyl sites for hydroxylation is 1. The van der Waals surface area contributed by atoms with Crippen molar-refractivity contribution in [1.82, 2.24) is 0 Å². The van der Waals surface area contributed by atoms with Crippen molar-refractivity contribution in [2.45, 2.75) is 31.7 Å². The number of benzene rings is 1. The maximum atomic E-state index is 13.2. The Balaban J connectivity index is 2.53. The van der Waals surface area contributed by atoms with Gasteiger partial charge in [-0.2, -0.15) is 13.2 Å². The number of hydrogen-bond acceptors (Lipinski definition) is 3. The van der Waals surface area contributed by atoms with Crippen LogP contribution in [0, 0.1) is 6.92 Å². The van der Waals surface area contributed by atoms with Gasteiger partial charge in [0.15, 0.2) is 5.56 Å². The van der Waals surface area contributed by atoms with Crippen LogP contribution in [0.15, 0.2) is 17.7 Å². The Morgan fingerprint density at radius 2 is 2.05 bits per heavy atom. The van der Waals surface area contributed by atoms with Crippen molar-refractivity contribution in [2.75, 3.05) is 0 Å². The normalized spacial score (nSPS) is 18.9. The van der Waals surface area contributed by atoms with Gasteiger partial charge in [-0.25, -0.2) is 4.79 Å². The number of hydrogen-bond donors (Lipinski definition) is 0. The molecule has 0 aliphatic carbocycles. The molecule has 22 heavy (non-hydrogen) atoms. The van der Waals surface area contributed by atoms with Crippen LogP contribution in [0.4, 0.5) is 13.2 Å². The lowest BCUT2D eigenvalue weighted by Gasteiger charge is -2.29. The zero-order valence-electron chi connectivity index (χ0n) is 11.5. The molecule has 0 spiro atoms. The molecular weight excluding hydrogens is 344 g/mol. The summed E-state index contributed by atoms with van der Waals surface area (Å²) < 4.78 is 49.1. The Bertz CT molecular complexity index is 639. The van der Waals surface area contributed by atoms with Crippen LogP contribution < -0.4 is 4.74 Å². The molecule has 120 valence electrons. The van der Waals surface area contributed by atoms with Gasteiger partial charge in [0.1, 0.15) is 5.75 Å². The Kier molecular flexibility index (Phi) is 4.63. The molecule has 2 rings (SSSR count). The molecule has 1 aliphatic rings. The third kappa shape index (κ3) is 3.50. The number of carbonyl (C=O) groups excluding carboxylic acids is 1. The molecule has 0 bridgehead atoms. The van der Waals surface area contributed by atoms with Gasteiger partial charge in [-0.3, -0.25) is 0 Å². The second-order valence-corrected chi connectivity index (χ2v) is 5.78. The van der Waals surface area contributed by atoms with Crippen LogP contribution in [0.3, 0.4) is 0 Å². The van der Waals surface area contributed by atoms with Crippen molar-refractivity contribution in [3.05, 3.63) is 33.9 Å². The lowest BCUT2D eigenvalue weighted by Crippen LogP contribution is -2.41. The van der Waals surface area contributed by atoms with Crippen molar-refractivity contribution >= 4 is 35.2 Å². The summed E-state index contributed by atoms with van der Waals surface area (Å²) in [6.45, 7) is 2.89. The maximum absolute atomic E-state index is 13.2. The van der Waals surface area contributed by atoms with Gasteiger partial charge in [-0.05, 0) is 37.6 Å². The number of esters is 1. The number of rotatable bonds is 2. The van der Waals surface area contributed by atoms with Crippen molar-refractivity contribution in [3.8, 4) is 5.75 Å². The molecule has 0 N–H and O–H groups in total. The zero-order chi connectivity index (χ0) is 16.7. The molecule has 0 saturated heterocycles. The molecular formula is C14H11Cl2F3O3. The van der Waals surface area contributed by atoms with E-state index in [9.17, 15) is 18.0 Å². The molecule has 1 aromatic carbocycles. The predicted octanol–water partition coefficient (Wildman–Crippen LogP) is 4.48. The fraction of sp³-hybridized carbons (Fsp3) is 0.357. The third-order valence-electron chi connectivity index (χ3n) is 2.90. The molecule has 1 aromatic rings. The molecule has 1 aliphatic heterocycles. The summed E-state index contributed by atoms with van der Waals surface area (Å²) in [5.41, 5.74) is -1.02. The van der Waals surface area contributed by atoms with E-state index in [2.05, 4.69) is 4.74 Å². The second kappa shape index (κ2) is 6.01. The average molecular weight is 355 g/mol. The number of halogens is 5. The molecule has 8 heteroatoms. The molecule has 0 fully saturated rings. The smallest absolute Gasteiger partial charge is 0.430 e. The topological polar surface area (TPSA) is 35.5 Å². The van der Waals surface area contributed by atoms with Gasteiger partial charge in [-0.1, -0.05) is 23.2 Å². The van der Waals surface area contributed by atoms with Crippen LogP contribution in [-0.2, 0) is 9.53 Å². The molecule has 2 unspecified atom stereocenters. The number of ether oxygens (including phenoxy) is 2. The first-order valence-electron chi connectivity index (χ1n) is 6.19. The van der Waals surface area contributed by atoms with E-state index in [0.717, 1.165) is 6.08 Å². The summed E-state index contributed by atoms with van der Waals surface area (Å²) in [6, 6.07) is 2.89. The lowest BCUT2D eigenvalue weighted by atomic mass is 9.99. The van der Waals surface area contributed by atoms with Crippen molar-refractivity contribution < 1.29 is 27.4 Å². The summed E-state index contributed by atoms with van der Waals surface area (Å²) in [5.74, 6) is -1.16. The third-order valence-corrected chi connectivity index (χ3v) is 3.21. The van der Waals surface area contributed by atoms with Gasteiger partial charge in [0.05, 0.1) is 5.57 Å². The molecule has 0 amide bonds. The van der Waals surface area contributed by atoms with E-state index in [1.807, 2.05) is 0 Å². The quantitative estimate of drug-likeness (QED) is 0.580. The molecule has 0 aromatic heterocycles. The highest BCUT2D eigenvalue weighted by Crippen LogP contribution is 2.40. The Morgan fingerprint density at radius 3 is 2.59 bits per heavy atom. The Hall–Kier alpha value is -1.40. The Morgan fingerprint density at radius 1 is 1.41 bits per heavy atom. The van der Waals surface area contributed by atoms with Gasteiger partial charge < -0.3 is 9.47 Å². The minimum absolute atomic E-state index is 0.0298.